The Morgan fingerprint density at radius 3 is 2.76 bits per heavy atom. The van der Waals surface area contributed by atoms with Crippen molar-refractivity contribution in [1.29, 1.82) is 0 Å². The van der Waals surface area contributed by atoms with Crippen molar-refractivity contribution < 1.29 is 14.4 Å². The van der Waals surface area contributed by atoms with Gasteiger partial charge in [0.05, 0.1) is 13.0 Å². The molecule has 0 atom stereocenters. The minimum absolute atomic E-state index is 0.163. The first-order chi connectivity index (χ1) is 10.2. The molecule has 3 rings (SSSR count). The molecule has 1 saturated carbocycles. The Kier molecular flexibility index (Phi) is 4.01. The van der Waals surface area contributed by atoms with Crippen LogP contribution < -0.4 is 0 Å². The fourth-order valence-corrected chi connectivity index (χ4v) is 2.40. The maximum absolute atomic E-state index is 10.7. The highest BCUT2D eigenvalue weighted by Crippen LogP contribution is 2.29. The summed E-state index contributed by atoms with van der Waals surface area (Å²) in [5, 5.41) is 12.9. The molecular formula is C16H18N2O3. The summed E-state index contributed by atoms with van der Waals surface area (Å²) in [5.41, 5.74) is 1.84. The molecule has 21 heavy (non-hydrogen) atoms. The van der Waals surface area contributed by atoms with Crippen molar-refractivity contribution in [2.45, 2.75) is 31.8 Å². The maximum atomic E-state index is 10.7. The molecule has 0 saturated heterocycles. The Bertz CT molecular complexity index is 605. The number of rotatable bonds is 7. The van der Waals surface area contributed by atoms with Crippen molar-refractivity contribution in [2.24, 2.45) is 0 Å². The van der Waals surface area contributed by atoms with Gasteiger partial charge in [-0.15, -0.1) is 0 Å². The van der Waals surface area contributed by atoms with E-state index in [2.05, 4.69) is 10.1 Å². The zero-order valence-corrected chi connectivity index (χ0v) is 11.7. The van der Waals surface area contributed by atoms with E-state index < -0.39 is 5.97 Å². The molecule has 1 aliphatic rings. The first kappa shape index (κ1) is 13.8. The van der Waals surface area contributed by atoms with Crippen molar-refractivity contribution in [2.75, 3.05) is 6.54 Å². The number of hydrogen-bond acceptors (Lipinski definition) is 4. The molecule has 0 amide bonds. The molecule has 5 nitrogen and oxygen atoms in total. The molecule has 1 heterocycles. The molecule has 0 radical (unpaired) electrons. The van der Waals surface area contributed by atoms with E-state index in [1.165, 1.54) is 0 Å². The highest BCUT2D eigenvalue weighted by Gasteiger charge is 2.29. The van der Waals surface area contributed by atoms with Crippen LogP contribution in [0.15, 0.2) is 40.9 Å². The molecule has 2 aromatic rings. The lowest BCUT2D eigenvalue weighted by Crippen LogP contribution is -2.28. The van der Waals surface area contributed by atoms with Gasteiger partial charge in [0.25, 0.3) is 0 Å². The van der Waals surface area contributed by atoms with Gasteiger partial charge >= 0.3 is 5.97 Å². The van der Waals surface area contributed by atoms with E-state index >= 15 is 0 Å². The monoisotopic (exact) mass is 286 g/mol. The first-order valence-corrected chi connectivity index (χ1v) is 7.19. The van der Waals surface area contributed by atoms with Gasteiger partial charge in [0.2, 0.25) is 0 Å². The third-order valence-electron chi connectivity index (χ3n) is 3.66. The molecule has 5 heteroatoms. The summed E-state index contributed by atoms with van der Waals surface area (Å²) in [7, 11) is 0. The summed E-state index contributed by atoms with van der Waals surface area (Å²) in [6.45, 7) is 1.18. The second-order valence-corrected chi connectivity index (χ2v) is 5.39. The fraction of sp³-hybridized carbons (Fsp3) is 0.375. The Balaban J connectivity index is 1.66. The molecule has 0 bridgehead atoms. The average Bonchev–Trinajstić information content (AvgIpc) is 3.23. The Morgan fingerprint density at radius 1 is 1.33 bits per heavy atom. The lowest BCUT2D eigenvalue weighted by molar-refractivity contribution is -0.137. The molecule has 0 spiro atoms. The zero-order valence-electron chi connectivity index (χ0n) is 11.7. The minimum Gasteiger partial charge on any atom is -0.481 e. The molecule has 1 aromatic carbocycles. The number of carboxylic acids is 1. The van der Waals surface area contributed by atoms with Gasteiger partial charge in [-0.25, -0.2) is 0 Å². The van der Waals surface area contributed by atoms with Gasteiger partial charge in [-0.1, -0.05) is 35.5 Å². The van der Waals surface area contributed by atoms with E-state index in [9.17, 15) is 4.79 Å². The van der Waals surface area contributed by atoms with Crippen molar-refractivity contribution in [3.63, 3.8) is 0 Å². The van der Waals surface area contributed by atoms with E-state index in [1.54, 1.807) is 0 Å². The number of carboxylic acid groups (broad SMARTS) is 1. The van der Waals surface area contributed by atoms with Gasteiger partial charge in [-0.2, -0.15) is 0 Å². The maximum Gasteiger partial charge on any atom is 0.304 e. The standard InChI is InChI=1S/C16H18N2O3/c19-16(20)8-9-18(13-6-7-13)11-14-10-15(17-21-14)12-4-2-1-3-5-12/h1-5,10,13H,6-9,11H2,(H,19,20). The van der Waals surface area contributed by atoms with Crippen LogP contribution in [0.1, 0.15) is 25.0 Å². The third kappa shape index (κ3) is 3.70. The molecule has 1 aromatic heterocycles. The number of aliphatic carboxylic acids is 1. The SMILES string of the molecule is O=C(O)CCN(Cc1cc(-c2ccccc2)no1)C1CC1. The fourth-order valence-electron chi connectivity index (χ4n) is 2.40. The number of aromatic nitrogens is 1. The normalized spacial score (nSPS) is 14.5. The number of carbonyl (C=O) groups is 1. The van der Waals surface area contributed by atoms with Crippen LogP contribution in [0, 0.1) is 0 Å². The van der Waals surface area contributed by atoms with Crippen molar-refractivity contribution in [3.8, 4) is 11.3 Å². The van der Waals surface area contributed by atoms with Gasteiger partial charge in [0, 0.05) is 24.2 Å². The van der Waals surface area contributed by atoms with Crippen LogP contribution in [0.25, 0.3) is 11.3 Å². The summed E-state index contributed by atoms with van der Waals surface area (Å²) in [4.78, 5) is 12.9. The van der Waals surface area contributed by atoms with Crippen molar-refractivity contribution in [1.82, 2.24) is 10.1 Å². The number of hydrogen-bond donors (Lipinski definition) is 1. The molecule has 1 fully saturated rings. The Labute approximate surface area is 123 Å². The predicted octanol–water partition coefficient (Wildman–Crippen LogP) is 2.78. The van der Waals surface area contributed by atoms with Crippen LogP contribution in [-0.4, -0.2) is 33.7 Å². The lowest BCUT2D eigenvalue weighted by atomic mass is 10.1. The quantitative estimate of drug-likeness (QED) is 0.847. The molecule has 0 aliphatic heterocycles. The van der Waals surface area contributed by atoms with Crippen LogP contribution in [0.4, 0.5) is 0 Å². The number of nitrogens with zero attached hydrogens (tertiary/aromatic N) is 2. The van der Waals surface area contributed by atoms with Gasteiger partial charge in [0.1, 0.15) is 5.69 Å². The summed E-state index contributed by atoms with van der Waals surface area (Å²) in [5.74, 6) is 0.0225. The van der Waals surface area contributed by atoms with Crippen molar-refractivity contribution in [3.05, 3.63) is 42.2 Å². The van der Waals surface area contributed by atoms with Crippen LogP contribution in [0.3, 0.4) is 0 Å². The molecule has 110 valence electrons. The summed E-state index contributed by atoms with van der Waals surface area (Å²) >= 11 is 0. The highest BCUT2D eigenvalue weighted by molar-refractivity contribution is 5.66. The van der Waals surface area contributed by atoms with Gasteiger partial charge < -0.3 is 9.63 Å². The highest BCUT2D eigenvalue weighted by atomic mass is 16.5. The zero-order chi connectivity index (χ0) is 14.7. The molecule has 0 unspecified atom stereocenters. The smallest absolute Gasteiger partial charge is 0.304 e. The third-order valence-corrected chi connectivity index (χ3v) is 3.66. The summed E-state index contributed by atoms with van der Waals surface area (Å²) < 4.78 is 5.40. The minimum atomic E-state index is -0.761. The second kappa shape index (κ2) is 6.10. The lowest BCUT2D eigenvalue weighted by Gasteiger charge is -2.18. The summed E-state index contributed by atoms with van der Waals surface area (Å²) in [6, 6.07) is 12.3. The largest absolute Gasteiger partial charge is 0.481 e. The number of benzene rings is 1. The molecular weight excluding hydrogens is 268 g/mol. The van der Waals surface area contributed by atoms with Crippen LogP contribution in [-0.2, 0) is 11.3 Å². The van der Waals surface area contributed by atoms with Crippen LogP contribution >= 0.6 is 0 Å². The molecule has 1 aliphatic carbocycles. The van der Waals surface area contributed by atoms with Gasteiger partial charge in [-0.3, -0.25) is 9.69 Å². The molecule has 1 N–H and O–H groups in total. The first-order valence-electron chi connectivity index (χ1n) is 7.19. The van der Waals surface area contributed by atoms with E-state index in [0.29, 0.717) is 19.1 Å². The van der Waals surface area contributed by atoms with E-state index in [1.807, 2.05) is 36.4 Å². The van der Waals surface area contributed by atoms with Crippen LogP contribution in [0.5, 0.6) is 0 Å². The average molecular weight is 286 g/mol. The topological polar surface area (TPSA) is 66.6 Å². The van der Waals surface area contributed by atoms with Crippen molar-refractivity contribution >= 4 is 5.97 Å². The van der Waals surface area contributed by atoms with Crippen LogP contribution in [0.2, 0.25) is 0 Å². The van der Waals surface area contributed by atoms with E-state index in [-0.39, 0.29) is 6.42 Å². The Hall–Kier alpha value is -2.14. The van der Waals surface area contributed by atoms with Gasteiger partial charge in [-0.05, 0) is 12.8 Å². The second-order valence-electron chi connectivity index (χ2n) is 5.39. The summed E-state index contributed by atoms with van der Waals surface area (Å²) in [6.07, 6.45) is 2.44. The predicted molar refractivity (Wildman–Crippen MR) is 77.6 cm³/mol. The van der Waals surface area contributed by atoms with E-state index in [0.717, 1.165) is 29.9 Å². The van der Waals surface area contributed by atoms with E-state index in [4.69, 9.17) is 9.63 Å². The van der Waals surface area contributed by atoms with Gasteiger partial charge in [0.15, 0.2) is 5.76 Å². The Morgan fingerprint density at radius 2 is 2.10 bits per heavy atom.